The summed E-state index contributed by atoms with van der Waals surface area (Å²) < 4.78 is 40.5. The molecule has 154 valence electrons. The number of aliphatic imine (C=N–C) groups is 1. The van der Waals surface area contributed by atoms with E-state index in [0.717, 1.165) is 17.9 Å². The summed E-state index contributed by atoms with van der Waals surface area (Å²) in [6.45, 7) is -0.419. The molecular formula is C19H24F2IN3O3. The zero-order chi connectivity index (χ0) is 19.6. The highest BCUT2D eigenvalue weighted by atomic mass is 127. The maximum Gasteiger partial charge on any atom is 0.387 e. The minimum atomic E-state index is -2.94. The zero-order valence-electron chi connectivity index (χ0n) is 15.7. The van der Waals surface area contributed by atoms with E-state index in [4.69, 9.17) is 15.2 Å². The summed E-state index contributed by atoms with van der Waals surface area (Å²) in [4.78, 5) is 4.18. The number of anilines is 1. The molecule has 0 heterocycles. The van der Waals surface area contributed by atoms with E-state index in [2.05, 4.69) is 15.0 Å². The number of nitrogens with zero attached hydrogens (tertiary/aromatic N) is 1. The number of nitrogens with two attached hydrogens (primary N) is 1. The molecule has 0 saturated heterocycles. The van der Waals surface area contributed by atoms with Crippen LogP contribution < -0.4 is 25.3 Å². The van der Waals surface area contributed by atoms with Crippen LogP contribution in [0.5, 0.6) is 17.2 Å². The van der Waals surface area contributed by atoms with Gasteiger partial charge < -0.3 is 25.3 Å². The highest BCUT2D eigenvalue weighted by molar-refractivity contribution is 14.0. The van der Waals surface area contributed by atoms with E-state index >= 15 is 0 Å². The van der Waals surface area contributed by atoms with Crippen LogP contribution in [0.15, 0.2) is 47.5 Å². The van der Waals surface area contributed by atoms with Crippen LogP contribution in [-0.2, 0) is 6.54 Å². The molecule has 9 heteroatoms. The number of nitrogens with one attached hydrogen (secondary N) is 1. The van der Waals surface area contributed by atoms with Crippen LogP contribution in [0.25, 0.3) is 0 Å². The van der Waals surface area contributed by atoms with Crippen LogP contribution in [0.2, 0.25) is 0 Å². The summed E-state index contributed by atoms with van der Waals surface area (Å²) >= 11 is 0. The van der Waals surface area contributed by atoms with Gasteiger partial charge in [0.1, 0.15) is 17.2 Å². The number of halogens is 3. The Kier molecular flexibility index (Phi) is 10.4. The van der Waals surface area contributed by atoms with Crippen molar-refractivity contribution in [3.8, 4) is 17.2 Å². The molecule has 0 bridgehead atoms. The summed E-state index contributed by atoms with van der Waals surface area (Å²) in [6.07, 6.45) is 0.810. The lowest BCUT2D eigenvalue weighted by molar-refractivity contribution is -0.0505. The van der Waals surface area contributed by atoms with Crippen LogP contribution in [0.1, 0.15) is 18.9 Å². The second kappa shape index (κ2) is 12.2. The molecule has 0 aliphatic rings. The van der Waals surface area contributed by atoms with Crippen molar-refractivity contribution in [2.24, 2.45) is 10.7 Å². The Hall–Kier alpha value is -2.30. The molecular weight excluding hydrogens is 483 g/mol. The predicted octanol–water partition coefficient (Wildman–Crippen LogP) is 4.63. The second-order valence-electron chi connectivity index (χ2n) is 5.55. The Morgan fingerprint density at radius 1 is 1.14 bits per heavy atom. The first-order valence-electron chi connectivity index (χ1n) is 8.43. The molecule has 0 aliphatic heterocycles. The van der Waals surface area contributed by atoms with Crippen LogP contribution in [-0.4, -0.2) is 26.3 Å². The van der Waals surface area contributed by atoms with E-state index in [1.54, 1.807) is 43.5 Å². The van der Waals surface area contributed by atoms with Crippen molar-refractivity contribution in [2.75, 3.05) is 19.0 Å². The van der Waals surface area contributed by atoms with E-state index < -0.39 is 6.61 Å². The number of hydrogen-bond donors (Lipinski definition) is 2. The molecule has 2 rings (SSSR count). The van der Waals surface area contributed by atoms with Crippen molar-refractivity contribution in [1.82, 2.24) is 0 Å². The molecule has 2 aromatic carbocycles. The van der Waals surface area contributed by atoms with E-state index in [-0.39, 0.29) is 42.2 Å². The molecule has 2 aromatic rings. The maximum atomic E-state index is 12.7. The van der Waals surface area contributed by atoms with Crippen molar-refractivity contribution >= 4 is 35.6 Å². The fourth-order valence-electron chi connectivity index (χ4n) is 2.21. The molecule has 6 nitrogen and oxygen atoms in total. The topological polar surface area (TPSA) is 78.1 Å². The van der Waals surface area contributed by atoms with Gasteiger partial charge in [0.2, 0.25) is 0 Å². The van der Waals surface area contributed by atoms with Gasteiger partial charge in [0, 0.05) is 17.3 Å². The highest BCUT2D eigenvalue weighted by Crippen LogP contribution is 2.27. The molecule has 28 heavy (non-hydrogen) atoms. The Morgan fingerprint density at radius 3 is 2.43 bits per heavy atom. The predicted molar refractivity (Wildman–Crippen MR) is 116 cm³/mol. The third-order valence-electron chi connectivity index (χ3n) is 3.51. The van der Waals surface area contributed by atoms with Crippen molar-refractivity contribution in [1.29, 1.82) is 0 Å². The van der Waals surface area contributed by atoms with Crippen molar-refractivity contribution in [3.63, 3.8) is 0 Å². The number of hydrogen-bond acceptors (Lipinski definition) is 4. The van der Waals surface area contributed by atoms with Crippen LogP contribution >= 0.6 is 24.0 Å². The van der Waals surface area contributed by atoms with E-state index in [1.165, 1.54) is 6.07 Å². The van der Waals surface area contributed by atoms with Crippen LogP contribution in [0, 0.1) is 0 Å². The lowest BCUT2D eigenvalue weighted by atomic mass is 10.2. The number of guanidine groups is 1. The Labute approximate surface area is 180 Å². The highest BCUT2D eigenvalue weighted by Gasteiger charge is 2.11. The van der Waals surface area contributed by atoms with E-state index in [9.17, 15) is 8.78 Å². The quantitative estimate of drug-likeness (QED) is 0.294. The van der Waals surface area contributed by atoms with Gasteiger partial charge in [-0.15, -0.1) is 24.0 Å². The molecule has 0 saturated carbocycles. The monoisotopic (exact) mass is 507 g/mol. The van der Waals surface area contributed by atoms with E-state index in [0.29, 0.717) is 17.9 Å². The molecule has 0 amide bonds. The molecule has 0 aliphatic carbocycles. The molecule has 0 unspecified atom stereocenters. The standard InChI is InChI=1S/C19H23F2N3O3.HI/c1-3-10-26-16-7-4-13(17(11-16)27-18(20)21)12-23-19(22)24-14-5-8-15(25-2)9-6-14;/h4-9,11,18H,3,10,12H2,1-2H3,(H3,22,23,24);1H. The number of methoxy groups -OCH3 is 1. The first kappa shape index (κ1) is 23.7. The first-order valence-corrected chi connectivity index (χ1v) is 8.43. The number of alkyl halides is 2. The number of benzene rings is 2. The van der Waals surface area contributed by atoms with Gasteiger partial charge in [-0.2, -0.15) is 8.78 Å². The molecule has 0 radical (unpaired) electrons. The van der Waals surface area contributed by atoms with Gasteiger partial charge in [0.05, 0.1) is 20.3 Å². The maximum absolute atomic E-state index is 12.7. The average molecular weight is 507 g/mol. The smallest absolute Gasteiger partial charge is 0.387 e. The molecule has 3 N–H and O–H groups in total. The van der Waals surface area contributed by atoms with Crippen molar-refractivity contribution < 1.29 is 23.0 Å². The molecule has 0 spiro atoms. The first-order chi connectivity index (χ1) is 13.0. The van der Waals surface area contributed by atoms with Gasteiger partial charge in [0.15, 0.2) is 5.96 Å². The fraction of sp³-hybridized carbons (Fsp3) is 0.316. The van der Waals surface area contributed by atoms with Gasteiger partial charge in [-0.1, -0.05) is 6.92 Å². The minimum Gasteiger partial charge on any atom is -0.497 e. The molecule has 0 fully saturated rings. The fourth-order valence-corrected chi connectivity index (χ4v) is 2.21. The SMILES string of the molecule is CCCOc1ccc(CN=C(N)Nc2ccc(OC)cc2)c(OC(F)F)c1.I. The van der Waals surface area contributed by atoms with Crippen molar-refractivity contribution in [2.45, 2.75) is 26.5 Å². The van der Waals surface area contributed by atoms with Gasteiger partial charge in [-0.3, -0.25) is 0 Å². The Balaban J connectivity index is 0.00000392. The molecule has 0 aromatic heterocycles. The van der Waals surface area contributed by atoms with Gasteiger partial charge >= 0.3 is 6.61 Å². The van der Waals surface area contributed by atoms with Gasteiger partial charge in [-0.05, 0) is 42.8 Å². The number of ether oxygens (including phenoxy) is 3. The zero-order valence-corrected chi connectivity index (χ0v) is 18.0. The lowest BCUT2D eigenvalue weighted by Crippen LogP contribution is -2.22. The second-order valence-corrected chi connectivity index (χ2v) is 5.55. The van der Waals surface area contributed by atoms with Gasteiger partial charge in [0.25, 0.3) is 0 Å². The summed E-state index contributed by atoms with van der Waals surface area (Å²) in [5, 5.41) is 2.92. The summed E-state index contributed by atoms with van der Waals surface area (Å²) in [5.74, 6) is 1.34. The summed E-state index contributed by atoms with van der Waals surface area (Å²) in [7, 11) is 1.58. The minimum absolute atomic E-state index is 0. The Morgan fingerprint density at radius 2 is 1.82 bits per heavy atom. The third-order valence-corrected chi connectivity index (χ3v) is 3.51. The van der Waals surface area contributed by atoms with Crippen LogP contribution in [0.4, 0.5) is 14.5 Å². The third kappa shape index (κ3) is 7.75. The number of rotatable bonds is 9. The molecule has 0 atom stereocenters. The normalized spacial score (nSPS) is 11.0. The Bertz CT molecular complexity index is 759. The van der Waals surface area contributed by atoms with Crippen molar-refractivity contribution in [3.05, 3.63) is 48.0 Å². The summed E-state index contributed by atoms with van der Waals surface area (Å²) in [5.41, 5.74) is 7.06. The lowest BCUT2D eigenvalue weighted by Gasteiger charge is -2.12. The average Bonchev–Trinajstić information content (AvgIpc) is 2.65. The van der Waals surface area contributed by atoms with Crippen LogP contribution in [0.3, 0.4) is 0 Å². The summed E-state index contributed by atoms with van der Waals surface area (Å²) in [6, 6.07) is 11.9. The van der Waals surface area contributed by atoms with E-state index in [1.807, 2.05) is 6.92 Å². The van der Waals surface area contributed by atoms with Gasteiger partial charge in [-0.25, -0.2) is 4.99 Å². The largest absolute Gasteiger partial charge is 0.497 e.